The number of unbranched alkanes of at least 4 members (excludes halogenated alkanes) is 1. The minimum atomic E-state index is -0.0790. The third-order valence-electron chi connectivity index (χ3n) is 2.92. The number of hydrogen-bond acceptors (Lipinski definition) is 4. The molecular formula is C15H24N4O. The SMILES string of the molecule is CCC/C=C\C(=NC)N(C(C)=O)C1=CC(CC)=CNN1. The lowest BCUT2D eigenvalue weighted by atomic mass is 10.2. The molecule has 0 aliphatic carbocycles. The highest BCUT2D eigenvalue weighted by Crippen LogP contribution is 2.13. The summed E-state index contributed by atoms with van der Waals surface area (Å²) in [5.74, 6) is 1.24. The third-order valence-corrected chi connectivity index (χ3v) is 2.92. The maximum Gasteiger partial charge on any atom is 0.230 e. The van der Waals surface area contributed by atoms with Crippen molar-refractivity contribution < 1.29 is 4.79 Å². The van der Waals surface area contributed by atoms with E-state index in [4.69, 9.17) is 0 Å². The number of hydrazine groups is 1. The van der Waals surface area contributed by atoms with Crippen LogP contribution >= 0.6 is 0 Å². The van der Waals surface area contributed by atoms with E-state index in [0.29, 0.717) is 11.7 Å². The Morgan fingerprint density at radius 1 is 1.45 bits per heavy atom. The van der Waals surface area contributed by atoms with E-state index in [-0.39, 0.29) is 5.91 Å². The number of amides is 1. The number of nitrogens with zero attached hydrogens (tertiary/aromatic N) is 2. The first-order valence-electron chi connectivity index (χ1n) is 7.00. The average molecular weight is 276 g/mol. The van der Waals surface area contributed by atoms with Crippen molar-refractivity contribution in [1.82, 2.24) is 15.8 Å². The van der Waals surface area contributed by atoms with Crippen LogP contribution in [0.2, 0.25) is 0 Å². The lowest BCUT2D eigenvalue weighted by Crippen LogP contribution is -2.44. The lowest BCUT2D eigenvalue weighted by molar-refractivity contribution is -0.124. The molecule has 1 rings (SSSR count). The summed E-state index contributed by atoms with van der Waals surface area (Å²) in [5.41, 5.74) is 7.08. The monoisotopic (exact) mass is 276 g/mol. The molecule has 0 unspecified atom stereocenters. The van der Waals surface area contributed by atoms with E-state index in [2.05, 4.69) is 29.7 Å². The second-order valence-electron chi connectivity index (χ2n) is 4.50. The van der Waals surface area contributed by atoms with Gasteiger partial charge in [-0.05, 0) is 30.6 Å². The van der Waals surface area contributed by atoms with Crippen LogP contribution in [0.1, 0.15) is 40.0 Å². The highest BCUT2D eigenvalue weighted by molar-refractivity contribution is 6.05. The summed E-state index contributed by atoms with van der Waals surface area (Å²) in [4.78, 5) is 17.7. The largest absolute Gasteiger partial charge is 0.307 e. The Morgan fingerprint density at radius 3 is 2.75 bits per heavy atom. The van der Waals surface area contributed by atoms with Crippen LogP contribution in [0.25, 0.3) is 0 Å². The number of amidine groups is 1. The Balaban J connectivity index is 3.02. The van der Waals surface area contributed by atoms with Gasteiger partial charge in [0, 0.05) is 20.2 Å². The highest BCUT2D eigenvalue weighted by atomic mass is 16.2. The van der Waals surface area contributed by atoms with Crippen LogP contribution in [0.15, 0.2) is 40.8 Å². The zero-order valence-corrected chi connectivity index (χ0v) is 12.7. The number of nitrogens with one attached hydrogen (secondary N) is 2. The van der Waals surface area contributed by atoms with Crippen molar-refractivity contribution in [3.05, 3.63) is 35.8 Å². The Labute approximate surface area is 121 Å². The summed E-state index contributed by atoms with van der Waals surface area (Å²) in [6, 6.07) is 0. The number of carbonyl (C=O) groups is 1. The van der Waals surface area contributed by atoms with Gasteiger partial charge in [0.2, 0.25) is 5.91 Å². The number of carbonyl (C=O) groups excluding carboxylic acids is 1. The number of hydrogen-bond donors (Lipinski definition) is 2. The molecule has 1 amide bonds. The minimum absolute atomic E-state index is 0.0790. The first kappa shape index (κ1) is 16.0. The molecule has 0 aromatic heterocycles. The van der Waals surface area contributed by atoms with Crippen molar-refractivity contribution in [3.8, 4) is 0 Å². The summed E-state index contributed by atoms with van der Waals surface area (Å²) >= 11 is 0. The van der Waals surface area contributed by atoms with Crippen molar-refractivity contribution in [2.75, 3.05) is 7.05 Å². The van der Waals surface area contributed by atoms with Gasteiger partial charge >= 0.3 is 0 Å². The predicted molar refractivity (Wildman–Crippen MR) is 82.7 cm³/mol. The Hall–Kier alpha value is -2.04. The molecule has 0 aromatic carbocycles. The zero-order chi connectivity index (χ0) is 15.0. The van der Waals surface area contributed by atoms with E-state index < -0.39 is 0 Å². The van der Waals surface area contributed by atoms with Crippen LogP contribution in [0.3, 0.4) is 0 Å². The van der Waals surface area contributed by atoms with Gasteiger partial charge in [0.15, 0.2) is 0 Å². The maximum absolute atomic E-state index is 12.0. The molecule has 0 saturated carbocycles. The molecule has 0 atom stereocenters. The van der Waals surface area contributed by atoms with Crippen molar-refractivity contribution in [1.29, 1.82) is 0 Å². The molecule has 1 heterocycles. The first-order chi connectivity index (χ1) is 9.63. The summed E-state index contributed by atoms with van der Waals surface area (Å²) in [6.45, 7) is 5.72. The van der Waals surface area contributed by atoms with E-state index in [9.17, 15) is 4.79 Å². The molecule has 5 nitrogen and oxygen atoms in total. The molecule has 0 bridgehead atoms. The van der Waals surface area contributed by atoms with Crippen molar-refractivity contribution in [3.63, 3.8) is 0 Å². The normalized spacial score (nSPS) is 15.3. The number of rotatable bonds is 5. The molecule has 20 heavy (non-hydrogen) atoms. The molecule has 0 saturated heterocycles. The van der Waals surface area contributed by atoms with Crippen LogP contribution in [-0.2, 0) is 4.79 Å². The van der Waals surface area contributed by atoms with Gasteiger partial charge in [-0.2, -0.15) is 0 Å². The molecule has 0 fully saturated rings. The van der Waals surface area contributed by atoms with E-state index in [1.54, 1.807) is 11.9 Å². The topological polar surface area (TPSA) is 56.7 Å². The van der Waals surface area contributed by atoms with Crippen molar-refractivity contribution in [2.24, 2.45) is 4.99 Å². The standard InChI is InChI=1S/C15H24N4O/c1-5-7-8-9-14(16-4)19(12(3)20)15-10-13(6-2)11-17-18-15/h8-11,17-18H,5-7H2,1-4H3/b9-8-,16-14?. The fourth-order valence-electron chi connectivity index (χ4n) is 1.84. The first-order valence-corrected chi connectivity index (χ1v) is 7.00. The summed E-state index contributed by atoms with van der Waals surface area (Å²) in [5, 5.41) is 0. The van der Waals surface area contributed by atoms with Gasteiger partial charge in [0.1, 0.15) is 11.7 Å². The van der Waals surface area contributed by atoms with Gasteiger partial charge in [-0.3, -0.25) is 15.2 Å². The fraction of sp³-hybridized carbons (Fsp3) is 0.467. The predicted octanol–water partition coefficient (Wildman–Crippen LogP) is 2.46. The Bertz CT molecular complexity index is 460. The molecule has 110 valence electrons. The summed E-state index contributed by atoms with van der Waals surface area (Å²) < 4.78 is 0. The third kappa shape index (κ3) is 4.26. The van der Waals surface area contributed by atoms with Crippen molar-refractivity contribution >= 4 is 11.7 Å². The van der Waals surface area contributed by atoms with E-state index in [1.807, 2.05) is 24.4 Å². The molecule has 5 heteroatoms. The highest BCUT2D eigenvalue weighted by Gasteiger charge is 2.20. The van der Waals surface area contributed by atoms with Gasteiger partial charge in [0.05, 0.1) is 0 Å². The van der Waals surface area contributed by atoms with E-state index in [0.717, 1.165) is 24.8 Å². The van der Waals surface area contributed by atoms with Crippen LogP contribution in [0, 0.1) is 0 Å². The fourth-order valence-corrected chi connectivity index (χ4v) is 1.84. The maximum atomic E-state index is 12.0. The molecule has 2 N–H and O–H groups in total. The van der Waals surface area contributed by atoms with Gasteiger partial charge < -0.3 is 5.43 Å². The molecule has 0 aromatic rings. The second-order valence-corrected chi connectivity index (χ2v) is 4.50. The van der Waals surface area contributed by atoms with Crippen LogP contribution in [0.4, 0.5) is 0 Å². The van der Waals surface area contributed by atoms with Crippen LogP contribution in [-0.4, -0.2) is 23.7 Å². The van der Waals surface area contributed by atoms with Crippen molar-refractivity contribution in [2.45, 2.75) is 40.0 Å². The van der Waals surface area contributed by atoms with Gasteiger partial charge in [-0.1, -0.05) is 26.3 Å². The molecule has 0 radical (unpaired) electrons. The second kappa shape index (κ2) is 8.19. The lowest BCUT2D eigenvalue weighted by Gasteiger charge is -2.27. The molecule has 1 aliphatic rings. The van der Waals surface area contributed by atoms with Crippen LogP contribution in [0.5, 0.6) is 0 Å². The zero-order valence-electron chi connectivity index (χ0n) is 12.7. The quantitative estimate of drug-likeness (QED) is 0.599. The minimum Gasteiger partial charge on any atom is -0.307 e. The molecular weight excluding hydrogens is 252 g/mol. The Morgan fingerprint density at radius 2 is 2.20 bits per heavy atom. The smallest absolute Gasteiger partial charge is 0.230 e. The number of allylic oxidation sites excluding steroid dienone is 3. The van der Waals surface area contributed by atoms with Crippen LogP contribution < -0.4 is 10.9 Å². The van der Waals surface area contributed by atoms with Gasteiger partial charge in [-0.15, -0.1) is 0 Å². The van der Waals surface area contributed by atoms with Gasteiger partial charge in [-0.25, -0.2) is 4.90 Å². The Kier molecular flexibility index (Phi) is 6.56. The summed E-state index contributed by atoms with van der Waals surface area (Å²) in [7, 11) is 1.69. The molecule has 1 aliphatic heterocycles. The molecule has 0 spiro atoms. The summed E-state index contributed by atoms with van der Waals surface area (Å²) in [6.07, 6.45) is 10.7. The van der Waals surface area contributed by atoms with E-state index in [1.165, 1.54) is 6.92 Å². The van der Waals surface area contributed by atoms with E-state index >= 15 is 0 Å². The van der Waals surface area contributed by atoms with Gasteiger partial charge in [0.25, 0.3) is 0 Å². The number of aliphatic imine (C=N–C) groups is 1. The average Bonchev–Trinajstić information content (AvgIpc) is 2.46.